The van der Waals surface area contributed by atoms with E-state index in [1.54, 1.807) is 58.0 Å². The Hall–Kier alpha value is -2.37. The minimum Gasteiger partial charge on any atom is -0.462 e. The number of thioether (sulfide) groups is 1. The molecule has 2 heterocycles. The lowest BCUT2D eigenvalue weighted by molar-refractivity contribution is -0.150. The minimum absolute atomic E-state index is 0.112. The fraction of sp³-hybridized carbons (Fsp3) is 0.522. The first-order valence-electron chi connectivity index (χ1n) is 11.6. The molecule has 5 atom stereocenters. The van der Waals surface area contributed by atoms with E-state index >= 15 is 0 Å². The number of para-hydroxylation sites is 1. The van der Waals surface area contributed by atoms with Gasteiger partial charge in [-0.05, 0) is 38.0 Å². The SMILES string of the molecule is CC(C)OC(=O)[C@@H](NP(=O)(OC[C@H]1S[C@@H](n2ccc(N)nc2=O)CC1O)Oc1ccccc1)C(C)C. The smallest absolute Gasteiger partial charge is 0.459 e. The van der Waals surface area contributed by atoms with Crippen LogP contribution in [0.1, 0.15) is 39.5 Å². The van der Waals surface area contributed by atoms with Crippen LogP contribution in [-0.4, -0.2) is 50.7 Å². The monoisotopic (exact) mass is 540 g/mol. The lowest BCUT2D eigenvalue weighted by atomic mass is 10.1. The second kappa shape index (κ2) is 12.2. The normalized spacial score (nSPS) is 22.4. The third kappa shape index (κ3) is 7.57. The second-order valence-electron chi connectivity index (χ2n) is 9.01. The van der Waals surface area contributed by atoms with Gasteiger partial charge >= 0.3 is 19.4 Å². The summed E-state index contributed by atoms with van der Waals surface area (Å²) in [6.07, 6.45) is 0.582. The number of aliphatic hydroxyl groups excluding tert-OH is 1. The third-order valence-corrected chi connectivity index (χ3v) is 8.38. The number of hydrogen-bond donors (Lipinski definition) is 3. The highest BCUT2D eigenvalue weighted by Crippen LogP contribution is 2.48. The number of hydrogen-bond acceptors (Lipinski definition) is 10. The van der Waals surface area contributed by atoms with Crippen LogP contribution in [0.15, 0.2) is 47.4 Å². The molecule has 0 aliphatic carbocycles. The number of aliphatic hydroxyl groups is 1. The Morgan fingerprint density at radius 3 is 2.58 bits per heavy atom. The van der Waals surface area contributed by atoms with Crippen molar-refractivity contribution in [2.45, 2.75) is 63.0 Å². The van der Waals surface area contributed by atoms with Gasteiger partial charge < -0.3 is 20.1 Å². The van der Waals surface area contributed by atoms with E-state index in [2.05, 4.69) is 10.1 Å². The summed E-state index contributed by atoms with van der Waals surface area (Å²) in [6.45, 7) is 6.85. The summed E-state index contributed by atoms with van der Waals surface area (Å²) in [6, 6.07) is 8.98. The van der Waals surface area contributed by atoms with Gasteiger partial charge in [0.05, 0.1) is 29.4 Å². The van der Waals surface area contributed by atoms with Crippen molar-refractivity contribution in [2.24, 2.45) is 5.92 Å². The van der Waals surface area contributed by atoms with Crippen LogP contribution >= 0.6 is 19.5 Å². The maximum absolute atomic E-state index is 13.9. The van der Waals surface area contributed by atoms with Crippen LogP contribution in [0.4, 0.5) is 5.82 Å². The number of nitrogens with zero attached hydrogens (tertiary/aromatic N) is 2. The first-order valence-corrected chi connectivity index (χ1v) is 14.1. The molecule has 0 amide bonds. The number of nitrogen functional groups attached to an aromatic ring is 1. The van der Waals surface area contributed by atoms with E-state index in [4.69, 9.17) is 19.5 Å². The molecule has 13 heteroatoms. The van der Waals surface area contributed by atoms with Gasteiger partial charge in [0, 0.05) is 12.6 Å². The number of benzene rings is 1. The summed E-state index contributed by atoms with van der Waals surface area (Å²) < 4.78 is 32.1. The number of aromatic nitrogens is 2. The quantitative estimate of drug-likeness (QED) is 0.285. The van der Waals surface area contributed by atoms with Gasteiger partial charge in [-0.2, -0.15) is 10.1 Å². The van der Waals surface area contributed by atoms with Gasteiger partial charge in [0.2, 0.25) is 0 Å². The van der Waals surface area contributed by atoms with Gasteiger partial charge in [0.15, 0.2) is 0 Å². The first-order chi connectivity index (χ1) is 17.0. The predicted octanol–water partition coefficient (Wildman–Crippen LogP) is 2.96. The second-order valence-corrected chi connectivity index (χ2v) is 12.1. The van der Waals surface area contributed by atoms with Crippen molar-refractivity contribution in [1.82, 2.24) is 14.6 Å². The third-order valence-electron chi connectivity index (χ3n) is 5.31. The maximum Gasteiger partial charge on any atom is 0.459 e. The van der Waals surface area contributed by atoms with Crippen LogP contribution < -0.4 is 21.0 Å². The molecule has 0 spiro atoms. The van der Waals surface area contributed by atoms with E-state index in [1.807, 2.05) is 0 Å². The topological polar surface area (TPSA) is 155 Å². The standard InChI is InChI=1S/C23H33N4O7PS/c1-14(2)21(22(29)33-15(3)4)26-35(31,34-16-8-6-5-7-9-16)32-13-18-17(28)12-20(36-18)27-11-10-19(24)25-23(27)30/h5-11,14-15,17-18,20-21,28H,12-13H2,1-4H3,(H,26,31)(H2,24,25,30)/t17?,18-,20-,21+,35?/m1/s1. The highest BCUT2D eigenvalue weighted by molar-refractivity contribution is 8.00. The summed E-state index contributed by atoms with van der Waals surface area (Å²) in [5.74, 6) is -0.468. The molecule has 1 fully saturated rings. The highest BCUT2D eigenvalue weighted by atomic mass is 32.2. The van der Waals surface area contributed by atoms with Gasteiger partial charge in [0.1, 0.15) is 17.6 Å². The average Bonchev–Trinajstić information content (AvgIpc) is 3.16. The molecule has 36 heavy (non-hydrogen) atoms. The van der Waals surface area contributed by atoms with Gasteiger partial charge in [-0.25, -0.2) is 9.36 Å². The molecule has 1 aromatic carbocycles. The molecule has 11 nitrogen and oxygen atoms in total. The Morgan fingerprint density at radius 2 is 1.97 bits per heavy atom. The molecule has 0 bridgehead atoms. The Kier molecular flexibility index (Phi) is 9.59. The molecule has 1 aliphatic rings. The van der Waals surface area contributed by atoms with Crippen molar-refractivity contribution in [3.05, 3.63) is 53.1 Å². The van der Waals surface area contributed by atoms with Crippen molar-refractivity contribution in [3.63, 3.8) is 0 Å². The largest absolute Gasteiger partial charge is 0.462 e. The van der Waals surface area contributed by atoms with Crippen molar-refractivity contribution in [3.8, 4) is 5.75 Å². The number of rotatable bonds is 11. The Morgan fingerprint density at radius 1 is 1.28 bits per heavy atom. The fourth-order valence-corrected chi connectivity index (χ4v) is 6.74. The van der Waals surface area contributed by atoms with Crippen LogP contribution in [0.3, 0.4) is 0 Å². The summed E-state index contributed by atoms with van der Waals surface area (Å²) in [4.78, 5) is 28.6. The van der Waals surface area contributed by atoms with Gasteiger partial charge in [-0.3, -0.25) is 13.9 Å². The maximum atomic E-state index is 13.9. The van der Waals surface area contributed by atoms with Gasteiger partial charge in [-0.15, -0.1) is 11.8 Å². The molecule has 1 aliphatic heterocycles. The zero-order valence-corrected chi connectivity index (χ0v) is 22.4. The highest BCUT2D eigenvalue weighted by Gasteiger charge is 2.40. The van der Waals surface area contributed by atoms with E-state index in [1.165, 1.54) is 28.6 Å². The van der Waals surface area contributed by atoms with Crippen LogP contribution in [0, 0.1) is 5.92 Å². The number of carbonyl (C=O) groups excluding carboxylic acids is 1. The van der Waals surface area contributed by atoms with Crippen LogP contribution in [0.2, 0.25) is 0 Å². The minimum atomic E-state index is -4.11. The zero-order valence-electron chi connectivity index (χ0n) is 20.6. The van der Waals surface area contributed by atoms with E-state index in [0.29, 0.717) is 0 Å². The average molecular weight is 541 g/mol. The first kappa shape index (κ1) is 28.2. The lowest BCUT2D eigenvalue weighted by Crippen LogP contribution is -2.42. The van der Waals surface area contributed by atoms with E-state index in [9.17, 15) is 19.3 Å². The van der Waals surface area contributed by atoms with E-state index in [-0.39, 0.29) is 36.6 Å². The molecule has 4 N–H and O–H groups in total. The van der Waals surface area contributed by atoms with E-state index < -0.39 is 42.2 Å². The van der Waals surface area contributed by atoms with Crippen molar-refractivity contribution >= 4 is 31.3 Å². The number of nitrogens with two attached hydrogens (primary N) is 1. The number of nitrogens with one attached hydrogen (secondary N) is 1. The molecule has 198 valence electrons. The van der Waals surface area contributed by atoms with Crippen molar-refractivity contribution in [2.75, 3.05) is 12.3 Å². The van der Waals surface area contributed by atoms with Crippen LogP contribution in [0.5, 0.6) is 5.75 Å². The summed E-state index contributed by atoms with van der Waals surface area (Å²) in [7, 11) is -4.11. The molecule has 1 saturated heterocycles. The lowest BCUT2D eigenvalue weighted by Gasteiger charge is -2.28. The number of esters is 1. The Bertz CT molecular complexity index is 1130. The zero-order chi connectivity index (χ0) is 26.5. The van der Waals surface area contributed by atoms with Gasteiger partial charge in [-0.1, -0.05) is 32.0 Å². The molecule has 1 aromatic heterocycles. The molecule has 0 radical (unpaired) electrons. The summed E-state index contributed by atoms with van der Waals surface area (Å²) in [5.41, 5.74) is 5.04. The van der Waals surface area contributed by atoms with Gasteiger partial charge in [0.25, 0.3) is 0 Å². The molecular weight excluding hydrogens is 507 g/mol. The van der Waals surface area contributed by atoms with Crippen molar-refractivity contribution < 1.29 is 28.3 Å². The Labute approximate surface area is 214 Å². The number of ether oxygens (including phenoxy) is 1. The van der Waals surface area contributed by atoms with Crippen molar-refractivity contribution in [1.29, 1.82) is 0 Å². The summed E-state index contributed by atoms with van der Waals surface area (Å²) in [5, 5.41) is 12.4. The predicted molar refractivity (Wildman–Crippen MR) is 138 cm³/mol. The molecule has 2 aromatic rings. The number of anilines is 1. The number of carbonyl (C=O) groups is 1. The summed E-state index contributed by atoms with van der Waals surface area (Å²) >= 11 is 1.29. The molecule has 0 saturated carbocycles. The molecule has 2 unspecified atom stereocenters. The van der Waals surface area contributed by atoms with E-state index in [0.717, 1.165) is 0 Å². The molecular formula is C23H33N4O7PS. The van der Waals surface area contributed by atoms with Crippen LogP contribution in [-0.2, 0) is 18.6 Å². The fourth-order valence-electron chi connectivity index (χ4n) is 3.51. The Balaban J connectivity index is 1.77. The van der Waals surface area contributed by atoms with Crippen LogP contribution in [0.25, 0.3) is 0 Å². The molecule has 3 rings (SSSR count).